The number of fused-ring (bicyclic) bond motifs is 1. The average molecular weight is 441 g/mol. The summed E-state index contributed by atoms with van der Waals surface area (Å²) in [7, 11) is 0. The minimum atomic E-state index is -4.47. The van der Waals surface area contributed by atoms with E-state index in [4.69, 9.17) is 12.2 Å². The third-order valence-electron chi connectivity index (χ3n) is 3.53. The number of aromatic nitrogens is 1. The van der Waals surface area contributed by atoms with Crippen LogP contribution in [0.5, 0.6) is 0 Å². The zero-order valence-electron chi connectivity index (χ0n) is 13.1. The minimum Gasteiger partial charge on any atom is -0.361 e. The summed E-state index contributed by atoms with van der Waals surface area (Å²) in [5.74, 6) is 0. The van der Waals surface area contributed by atoms with E-state index in [1.807, 2.05) is 18.2 Å². The highest BCUT2D eigenvalue weighted by Gasteiger charge is 2.33. The highest BCUT2D eigenvalue weighted by Crippen LogP contribution is 2.34. The summed E-state index contributed by atoms with van der Waals surface area (Å²) < 4.78 is 39.9. The lowest BCUT2D eigenvalue weighted by Crippen LogP contribution is -2.25. The van der Waals surface area contributed by atoms with Gasteiger partial charge in [-0.1, -0.05) is 28.1 Å². The van der Waals surface area contributed by atoms with Crippen molar-refractivity contribution in [3.8, 4) is 0 Å². The molecule has 0 saturated heterocycles. The number of thiocarbonyl (C=S) groups is 1. The number of aromatic amines is 1. The van der Waals surface area contributed by atoms with E-state index in [0.717, 1.165) is 27.0 Å². The van der Waals surface area contributed by atoms with Crippen LogP contribution in [0.1, 0.15) is 11.1 Å². The number of hydrogen-bond donors (Lipinski definition) is 3. The molecule has 9 heteroatoms. The zero-order chi connectivity index (χ0) is 18.7. The molecule has 0 atom stereocenters. The second kappa shape index (κ2) is 7.46. The molecule has 3 N–H and O–H groups in total. The van der Waals surface area contributed by atoms with Gasteiger partial charge in [0.2, 0.25) is 0 Å². The second-order valence-corrected chi connectivity index (χ2v) is 6.63. The molecule has 1 aromatic heterocycles. The van der Waals surface area contributed by atoms with Crippen molar-refractivity contribution in [2.75, 3.05) is 5.32 Å². The molecule has 0 fully saturated rings. The first-order valence-corrected chi connectivity index (χ1v) is 8.57. The Morgan fingerprint density at radius 3 is 2.73 bits per heavy atom. The summed E-state index contributed by atoms with van der Waals surface area (Å²) in [6, 6.07) is 10.9. The first kappa shape index (κ1) is 18.4. The van der Waals surface area contributed by atoms with Crippen LogP contribution in [0.2, 0.25) is 0 Å². The van der Waals surface area contributed by atoms with E-state index < -0.39 is 11.7 Å². The molecule has 1 heterocycles. The lowest BCUT2D eigenvalue weighted by molar-refractivity contribution is -0.136. The maximum atomic E-state index is 13.0. The normalized spacial score (nSPS) is 11.8. The fourth-order valence-corrected chi connectivity index (χ4v) is 2.90. The first-order chi connectivity index (χ1) is 12.3. The predicted molar refractivity (Wildman–Crippen MR) is 104 cm³/mol. The molecular weight excluding hydrogens is 429 g/mol. The molecule has 26 heavy (non-hydrogen) atoms. The molecule has 0 aliphatic carbocycles. The van der Waals surface area contributed by atoms with Gasteiger partial charge < -0.3 is 10.3 Å². The van der Waals surface area contributed by atoms with Gasteiger partial charge >= 0.3 is 6.18 Å². The van der Waals surface area contributed by atoms with E-state index in [1.165, 1.54) is 24.4 Å². The number of hydrogen-bond acceptors (Lipinski definition) is 2. The van der Waals surface area contributed by atoms with E-state index in [-0.39, 0.29) is 10.8 Å². The maximum Gasteiger partial charge on any atom is 0.418 e. The fraction of sp³-hybridized carbons (Fsp3) is 0.0588. The third kappa shape index (κ3) is 4.23. The monoisotopic (exact) mass is 440 g/mol. The number of hydrazone groups is 1. The Balaban J connectivity index is 1.70. The molecule has 0 bridgehead atoms. The van der Waals surface area contributed by atoms with Gasteiger partial charge in [-0.2, -0.15) is 18.3 Å². The second-order valence-electron chi connectivity index (χ2n) is 5.30. The van der Waals surface area contributed by atoms with Crippen LogP contribution in [-0.4, -0.2) is 16.3 Å². The van der Waals surface area contributed by atoms with Crippen molar-refractivity contribution in [3.05, 3.63) is 64.3 Å². The van der Waals surface area contributed by atoms with Crippen molar-refractivity contribution in [1.29, 1.82) is 0 Å². The van der Waals surface area contributed by atoms with Crippen LogP contribution in [0.25, 0.3) is 10.9 Å². The number of nitrogens with one attached hydrogen (secondary N) is 3. The van der Waals surface area contributed by atoms with E-state index in [0.29, 0.717) is 0 Å². The molecule has 0 aliphatic heterocycles. The van der Waals surface area contributed by atoms with Gasteiger partial charge in [0.25, 0.3) is 0 Å². The van der Waals surface area contributed by atoms with Crippen LogP contribution < -0.4 is 10.7 Å². The summed E-state index contributed by atoms with van der Waals surface area (Å²) in [5, 5.41) is 7.41. The Bertz CT molecular complexity index is 982. The van der Waals surface area contributed by atoms with Crippen molar-refractivity contribution in [1.82, 2.24) is 10.4 Å². The fourth-order valence-electron chi connectivity index (χ4n) is 2.37. The van der Waals surface area contributed by atoms with Crippen LogP contribution in [-0.2, 0) is 6.18 Å². The predicted octanol–water partition coefficient (Wildman–Crippen LogP) is 5.27. The molecule has 3 rings (SSSR count). The molecule has 0 spiro atoms. The van der Waals surface area contributed by atoms with Gasteiger partial charge in [0.1, 0.15) is 0 Å². The summed E-state index contributed by atoms with van der Waals surface area (Å²) in [6.45, 7) is 0. The highest BCUT2D eigenvalue weighted by atomic mass is 79.9. The van der Waals surface area contributed by atoms with E-state index in [1.54, 1.807) is 6.20 Å². The molecule has 4 nitrogen and oxygen atoms in total. The molecule has 0 saturated carbocycles. The van der Waals surface area contributed by atoms with Gasteiger partial charge in [-0.3, -0.25) is 5.43 Å². The van der Waals surface area contributed by atoms with Crippen LogP contribution in [0.4, 0.5) is 18.9 Å². The molecule has 0 amide bonds. The molecule has 0 unspecified atom stereocenters. The number of anilines is 1. The first-order valence-electron chi connectivity index (χ1n) is 7.37. The number of para-hydroxylation sites is 1. The van der Waals surface area contributed by atoms with E-state index in [2.05, 4.69) is 36.8 Å². The van der Waals surface area contributed by atoms with Crippen molar-refractivity contribution in [2.45, 2.75) is 6.18 Å². The number of H-pyrrole nitrogens is 1. The number of rotatable bonds is 3. The average Bonchev–Trinajstić information content (AvgIpc) is 2.97. The molecule has 0 radical (unpaired) electrons. The maximum absolute atomic E-state index is 13.0. The van der Waals surface area contributed by atoms with Gasteiger partial charge in [-0.15, -0.1) is 0 Å². The van der Waals surface area contributed by atoms with Crippen molar-refractivity contribution in [3.63, 3.8) is 0 Å². The highest BCUT2D eigenvalue weighted by molar-refractivity contribution is 9.10. The van der Waals surface area contributed by atoms with Crippen LogP contribution in [0.3, 0.4) is 0 Å². The summed E-state index contributed by atoms with van der Waals surface area (Å²) in [5.41, 5.74) is 3.34. The summed E-state index contributed by atoms with van der Waals surface area (Å²) >= 11 is 8.42. The quantitative estimate of drug-likeness (QED) is 0.295. The number of alkyl halides is 3. The smallest absolute Gasteiger partial charge is 0.361 e. The van der Waals surface area contributed by atoms with Gasteiger partial charge in [0.15, 0.2) is 5.11 Å². The van der Waals surface area contributed by atoms with Gasteiger partial charge in [-0.25, -0.2) is 0 Å². The van der Waals surface area contributed by atoms with Crippen molar-refractivity contribution in [2.24, 2.45) is 5.10 Å². The lowest BCUT2D eigenvalue weighted by Gasteiger charge is -2.14. The van der Waals surface area contributed by atoms with Gasteiger partial charge in [-0.05, 0) is 42.5 Å². The number of halogens is 4. The van der Waals surface area contributed by atoms with Crippen LogP contribution in [0, 0.1) is 0 Å². The van der Waals surface area contributed by atoms with E-state index >= 15 is 0 Å². The molecule has 3 aromatic rings. The Kier molecular flexibility index (Phi) is 5.28. The van der Waals surface area contributed by atoms with Gasteiger partial charge in [0, 0.05) is 27.1 Å². The topological polar surface area (TPSA) is 52.2 Å². The molecular formula is C17H12BrF3N4S. The SMILES string of the molecule is FC(F)(F)c1ccccc1NC(=S)N/N=C\c1c[nH]c2ccc(Br)cc12. The van der Waals surface area contributed by atoms with Crippen molar-refractivity contribution < 1.29 is 13.2 Å². The Morgan fingerprint density at radius 1 is 1.19 bits per heavy atom. The zero-order valence-corrected chi connectivity index (χ0v) is 15.5. The molecule has 2 aromatic carbocycles. The Morgan fingerprint density at radius 2 is 1.96 bits per heavy atom. The van der Waals surface area contributed by atoms with Crippen LogP contribution in [0.15, 0.2) is 58.2 Å². The molecule has 134 valence electrons. The summed E-state index contributed by atoms with van der Waals surface area (Å²) in [4.78, 5) is 3.10. The molecule has 0 aliphatic rings. The number of nitrogens with zero attached hydrogens (tertiary/aromatic N) is 1. The number of benzene rings is 2. The standard InChI is InChI=1S/C17H12BrF3N4S/c18-11-5-6-14-12(7-11)10(8-22-14)9-23-25-16(26)24-15-4-2-1-3-13(15)17(19,20)21/h1-9,22H,(H2,24,25,26)/b23-9-. The Hall–Kier alpha value is -2.39. The van der Waals surface area contributed by atoms with E-state index in [9.17, 15) is 13.2 Å². The minimum absolute atomic E-state index is 0.0426. The largest absolute Gasteiger partial charge is 0.418 e. The van der Waals surface area contributed by atoms with Gasteiger partial charge in [0.05, 0.1) is 17.5 Å². The summed E-state index contributed by atoms with van der Waals surface area (Å²) in [6.07, 6.45) is -1.16. The lowest BCUT2D eigenvalue weighted by atomic mass is 10.2. The van der Waals surface area contributed by atoms with Crippen LogP contribution >= 0.6 is 28.1 Å². The van der Waals surface area contributed by atoms with Crippen molar-refractivity contribution >= 4 is 56.1 Å². The third-order valence-corrected chi connectivity index (χ3v) is 4.21. The Labute approximate surface area is 160 Å².